The van der Waals surface area contributed by atoms with Crippen LogP contribution in [0.4, 0.5) is 0 Å². The Morgan fingerprint density at radius 2 is 1.68 bits per heavy atom. The number of halogens is 1. The molecule has 1 amide bonds. The molecule has 326 valence electrons. The average Bonchev–Trinajstić information content (AvgIpc) is 3.50. The highest BCUT2D eigenvalue weighted by atomic mass is 35.5. The largest absolute Gasteiger partial charge is 0.481 e. The molecule has 4 saturated heterocycles. The lowest BCUT2D eigenvalue weighted by molar-refractivity contribution is -0.397. The molecule has 17 atom stereocenters. The van der Waals surface area contributed by atoms with Gasteiger partial charge in [-0.2, -0.15) is 0 Å². The summed E-state index contributed by atoms with van der Waals surface area (Å²) in [6.45, 7) is 17.7. The summed E-state index contributed by atoms with van der Waals surface area (Å²) in [6.07, 6.45) is 7.10. The first-order valence-electron chi connectivity index (χ1n) is 21.8. The molecule has 4 fully saturated rings. The molecule has 0 aliphatic carbocycles. The number of hydrogen-bond donors (Lipinski definition) is 4. The van der Waals surface area contributed by atoms with Gasteiger partial charge in [0, 0.05) is 42.4 Å². The van der Waals surface area contributed by atoms with Gasteiger partial charge < -0.3 is 44.3 Å². The van der Waals surface area contributed by atoms with E-state index >= 15 is 0 Å². The Bertz CT molecular complexity index is 1450. The van der Waals surface area contributed by atoms with Crippen molar-refractivity contribution >= 4 is 29.3 Å². The van der Waals surface area contributed by atoms with Gasteiger partial charge in [0.05, 0.1) is 54.2 Å². The first-order chi connectivity index (χ1) is 26.7. The number of hydrogen-bond acceptors (Lipinski definition) is 10. The van der Waals surface area contributed by atoms with Crippen molar-refractivity contribution in [2.45, 2.75) is 205 Å². The zero-order chi connectivity index (χ0) is 42.1. The van der Waals surface area contributed by atoms with Gasteiger partial charge in [-0.1, -0.05) is 47.6 Å². The van der Waals surface area contributed by atoms with Crippen LogP contribution in [-0.2, 0) is 38.1 Å². The van der Waals surface area contributed by atoms with Crippen molar-refractivity contribution < 1.29 is 53.4 Å². The van der Waals surface area contributed by atoms with E-state index in [-0.39, 0.29) is 48.1 Å². The van der Waals surface area contributed by atoms with Crippen molar-refractivity contribution in [1.82, 2.24) is 5.32 Å². The van der Waals surface area contributed by atoms with Crippen LogP contribution in [0.5, 0.6) is 0 Å². The number of carbonyl (C=O) groups is 3. The molecule has 0 bridgehead atoms. The molecule has 0 saturated carbocycles. The molecule has 5 rings (SSSR count). The summed E-state index contributed by atoms with van der Waals surface area (Å²) in [5, 5.41) is 34.9. The number of ketones is 1. The SMILES string of the molecule is CCC(C(=O)[C@@H](C)[C@@H](O)[C@H](C)[C@]1(C)O[C@@H](CC(=O)O)CC[C@@H]1C)[C@H]1O[C@]2(C=C[C@@H](NC(=O)CCCCCl)[C@]3(CC[C@@](C)([C@H]4CC[C@@H](O)[C@H](C)O4)O3)O2)[C@H](C)C[C@@H]1C. The summed E-state index contributed by atoms with van der Waals surface area (Å²) in [5.74, 6) is -5.04. The number of aliphatic hydroxyl groups excluding tert-OH is 2. The first kappa shape index (κ1) is 46.4. The molecular formula is C44H72ClNO11. The highest BCUT2D eigenvalue weighted by Gasteiger charge is 2.63. The third-order valence-electron chi connectivity index (χ3n) is 14.7. The lowest BCUT2D eigenvalue weighted by atomic mass is 9.68. The van der Waals surface area contributed by atoms with Crippen LogP contribution in [0.3, 0.4) is 0 Å². The highest BCUT2D eigenvalue weighted by molar-refractivity contribution is 6.17. The summed E-state index contributed by atoms with van der Waals surface area (Å²) in [4.78, 5) is 39.4. The topological polar surface area (TPSA) is 170 Å². The first-order valence-corrected chi connectivity index (χ1v) is 22.4. The normalized spacial score (nSPS) is 43.1. The summed E-state index contributed by atoms with van der Waals surface area (Å²) in [6, 6.07) is -0.616. The number of rotatable bonds is 15. The maximum absolute atomic E-state index is 14.6. The van der Waals surface area contributed by atoms with Crippen molar-refractivity contribution in [2.75, 3.05) is 5.88 Å². The molecule has 4 N–H and O–H groups in total. The van der Waals surface area contributed by atoms with Gasteiger partial charge in [-0.15, -0.1) is 11.6 Å². The molecule has 0 aromatic heterocycles. The van der Waals surface area contributed by atoms with Gasteiger partial charge in [-0.25, -0.2) is 0 Å². The van der Waals surface area contributed by atoms with Crippen LogP contribution in [0.2, 0.25) is 0 Å². The van der Waals surface area contributed by atoms with Crippen LogP contribution < -0.4 is 5.32 Å². The second kappa shape index (κ2) is 18.5. The van der Waals surface area contributed by atoms with E-state index in [9.17, 15) is 29.7 Å². The van der Waals surface area contributed by atoms with Gasteiger partial charge in [0.25, 0.3) is 0 Å². The number of nitrogens with one attached hydrogen (secondary N) is 1. The summed E-state index contributed by atoms with van der Waals surface area (Å²) >= 11 is 5.90. The highest BCUT2D eigenvalue weighted by Crippen LogP contribution is 2.54. The maximum atomic E-state index is 14.6. The minimum atomic E-state index is -1.29. The number of ether oxygens (including phenoxy) is 5. The molecule has 5 aliphatic rings. The quantitative estimate of drug-likeness (QED) is 0.0788. The lowest BCUT2D eigenvalue weighted by Gasteiger charge is -2.55. The minimum Gasteiger partial charge on any atom is -0.481 e. The monoisotopic (exact) mass is 825 g/mol. The van der Waals surface area contributed by atoms with Crippen LogP contribution in [0.25, 0.3) is 0 Å². The van der Waals surface area contributed by atoms with Crippen LogP contribution in [-0.4, -0.2) is 104 Å². The predicted octanol–water partition coefficient (Wildman–Crippen LogP) is 6.69. The van der Waals surface area contributed by atoms with E-state index in [0.29, 0.717) is 63.7 Å². The third-order valence-corrected chi connectivity index (χ3v) is 15.0. The second-order valence-corrected chi connectivity index (χ2v) is 19.1. The Morgan fingerprint density at radius 3 is 2.33 bits per heavy atom. The summed E-state index contributed by atoms with van der Waals surface area (Å²) in [7, 11) is 0. The van der Waals surface area contributed by atoms with E-state index in [1.54, 1.807) is 6.92 Å². The molecule has 0 aromatic carbocycles. The van der Waals surface area contributed by atoms with Gasteiger partial charge in [0.15, 0.2) is 11.6 Å². The number of unbranched alkanes of at least 4 members (excludes halogenated alkanes) is 1. The zero-order valence-corrected chi connectivity index (χ0v) is 36.6. The number of aliphatic hydroxyl groups is 2. The van der Waals surface area contributed by atoms with E-state index in [2.05, 4.69) is 26.1 Å². The van der Waals surface area contributed by atoms with E-state index in [1.807, 2.05) is 46.8 Å². The van der Waals surface area contributed by atoms with Crippen LogP contribution >= 0.6 is 11.6 Å². The Labute approximate surface area is 345 Å². The van der Waals surface area contributed by atoms with E-state index in [1.165, 1.54) is 0 Å². The fourth-order valence-corrected chi connectivity index (χ4v) is 10.7. The maximum Gasteiger partial charge on any atom is 0.305 e. The predicted molar refractivity (Wildman–Crippen MR) is 215 cm³/mol. The van der Waals surface area contributed by atoms with E-state index in [0.717, 1.165) is 12.8 Å². The Kier molecular flexibility index (Phi) is 15.1. The van der Waals surface area contributed by atoms with Crippen molar-refractivity contribution in [1.29, 1.82) is 0 Å². The number of amides is 1. The Morgan fingerprint density at radius 1 is 0.965 bits per heavy atom. The Hall–Kier alpha value is -1.64. The number of aliphatic carboxylic acids is 1. The van der Waals surface area contributed by atoms with Gasteiger partial charge >= 0.3 is 5.97 Å². The van der Waals surface area contributed by atoms with Crippen molar-refractivity contribution in [2.24, 2.45) is 35.5 Å². The number of alkyl halides is 1. The standard InChI is InChI=1S/C44H72ClNO11/c1-10-32(39(52)28(5)38(51)29(6)42(9)26(3)14-15-31(54-42)24-37(49)50)40-25(2)23-27(4)43(55-40)19-18-34(46-36(48)13-11-12-22-45)44(57-43)21-20-41(8,56-44)35-17-16-33(47)30(7)53-35/h18-19,25-35,38,40,47,51H,10-17,20-24H2,1-9H3,(H,46,48)(H,49,50)/t25-,26-,27+,28-,29-,30-,31+,32?,33+,34+,35+,38+,40-,41-,42+,43-,44-/m0/s1. The molecule has 5 aliphatic heterocycles. The average molecular weight is 827 g/mol. The molecule has 12 nitrogen and oxygen atoms in total. The summed E-state index contributed by atoms with van der Waals surface area (Å²) < 4.78 is 34.1. The zero-order valence-electron chi connectivity index (χ0n) is 35.8. The van der Waals surface area contributed by atoms with Crippen molar-refractivity contribution in [3.05, 3.63) is 12.2 Å². The fraction of sp³-hybridized carbons (Fsp3) is 0.886. The van der Waals surface area contributed by atoms with Gasteiger partial charge in [0.1, 0.15) is 11.8 Å². The van der Waals surface area contributed by atoms with Crippen LogP contribution in [0.15, 0.2) is 12.2 Å². The number of Topliss-reactive ketones (excluding diaryl/α,β-unsaturated/α-hetero) is 1. The Balaban J connectivity index is 1.39. The van der Waals surface area contributed by atoms with E-state index < -0.39 is 77.0 Å². The lowest BCUT2D eigenvalue weighted by Crippen LogP contribution is -2.65. The van der Waals surface area contributed by atoms with Gasteiger partial charge in [-0.05, 0) is 96.5 Å². The number of carboxylic acid groups (broad SMARTS) is 1. The van der Waals surface area contributed by atoms with E-state index in [4.69, 9.17) is 35.3 Å². The van der Waals surface area contributed by atoms with Gasteiger partial charge in [-0.3, -0.25) is 14.4 Å². The minimum absolute atomic E-state index is 0.0112. The molecule has 13 heteroatoms. The van der Waals surface area contributed by atoms with Crippen molar-refractivity contribution in [3.63, 3.8) is 0 Å². The van der Waals surface area contributed by atoms with Gasteiger partial charge in [0.2, 0.25) is 5.91 Å². The molecular weight excluding hydrogens is 754 g/mol. The molecule has 2 spiro atoms. The van der Waals surface area contributed by atoms with Crippen molar-refractivity contribution in [3.8, 4) is 0 Å². The number of carbonyl (C=O) groups excluding carboxylic acids is 2. The molecule has 0 aromatic rings. The molecule has 1 unspecified atom stereocenters. The molecule has 0 radical (unpaired) electrons. The van der Waals surface area contributed by atoms with Crippen LogP contribution in [0, 0.1) is 35.5 Å². The van der Waals surface area contributed by atoms with Crippen LogP contribution in [0.1, 0.15) is 139 Å². The smallest absolute Gasteiger partial charge is 0.305 e. The summed E-state index contributed by atoms with van der Waals surface area (Å²) in [5.41, 5.74) is -1.58. The second-order valence-electron chi connectivity index (χ2n) is 18.8. The number of carboxylic acids is 1. The fourth-order valence-electron chi connectivity index (χ4n) is 10.5. The molecule has 57 heavy (non-hydrogen) atoms. The molecule has 5 heterocycles. The third kappa shape index (κ3) is 9.64.